The third-order valence-electron chi connectivity index (χ3n) is 6.28. The molecule has 0 radical (unpaired) electrons. The highest BCUT2D eigenvalue weighted by molar-refractivity contribution is 8.14. The van der Waals surface area contributed by atoms with Crippen LogP contribution in [0.15, 0.2) is 35.9 Å². The third kappa shape index (κ3) is 8.45. The van der Waals surface area contributed by atoms with E-state index in [1.807, 2.05) is 9.80 Å². The van der Waals surface area contributed by atoms with Crippen LogP contribution in [0.4, 0.5) is 4.39 Å². The average Bonchev–Trinajstić information content (AvgIpc) is 2.81. The number of amides is 1. The lowest BCUT2D eigenvalue weighted by Gasteiger charge is -2.38. The first-order chi connectivity index (χ1) is 16.3. The summed E-state index contributed by atoms with van der Waals surface area (Å²) in [7, 11) is 1.31. The molecule has 2 fully saturated rings. The van der Waals surface area contributed by atoms with E-state index >= 15 is 0 Å². The van der Waals surface area contributed by atoms with Crippen LogP contribution in [0.5, 0.6) is 0 Å². The lowest BCUT2D eigenvalue weighted by Crippen LogP contribution is -2.50. The summed E-state index contributed by atoms with van der Waals surface area (Å²) in [5.41, 5.74) is 1.30. The van der Waals surface area contributed by atoms with E-state index in [0.717, 1.165) is 25.1 Å². The van der Waals surface area contributed by atoms with Gasteiger partial charge >= 0.3 is 5.97 Å². The van der Waals surface area contributed by atoms with Gasteiger partial charge in [-0.1, -0.05) is 43.0 Å². The largest absolute Gasteiger partial charge is 0.468 e. The number of rotatable bonds is 8. The summed E-state index contributed by atoms with van der Waals surface area (Å²) in [6, 6.07) is 5.39. The van der Waals surface area contributed by atoms with Crippen molar-refractivity contribution in [2.75, 3.05) is 52.9 Å². The molecule has 36 heavy (non-hydrogen) atoms. The van der Waals surface area contributed by atoms with Gasteiger partial charge in [0.2, 0.25) is 5.91 Å². The van der Waals surface area contributed by atoms with Gasteiger partial charge in [-0.15, -0.1) is 24.8 Å². The highest BCUT2D eigenvalue weighted by Crippen LogP contribution is 2.34. The molecule has 11 heteroatoms. The van der Waals surface area contributed by atoms with Crippen LogP contribution < -0.4 is 0 Å². The first-order valence-electron chi connectivity index (χ1n) is 11.8. The fourth-order valence-corrected chi connectivity index (χ4v) is 5.53. The second-order valence-corrected chi connectivity index (χ2v) is 10.1. The Kier molecular flexibility index (Phi) is 14.0. The van der Waals surface area contributed by atoms with Crippen LogP contribution in [-0.4, -0.2) is 89.9 Å². The predicted molar refractivity (Wildman–Crippen MR) is 145 cm³/mol. The van der Waals surface area contributed by atoms with Gasteiger partial charge < -0.3 is 9.64 Å². The zero-order valence-electron chi connectivity index (χ0n) is 21.0. The molecule has 0 aliphatic carbocycles. The van der Waals surface area contributed by atoms with E-state index in [0.29, 0.717) is 39.1 Å². The Balaban J connectivity index is 0.00000324. The van der Waals surface area contributed by atoms with Crippen molar-refractivity contribution in [3.8, 4) is 0 Å². The number of halogens is 3. The van der Waals surface area contributed by atoms with E-state index in [4.69, 9.17) is 4.74 Å². The minimum atomic E-state index is -0.864. The maximum absolute atomic E-state index is 14.6. The molecule has 2 heterocycles. The lowest BCUT2D eigenvalue weighted by molar-refractivity contribution is -0.147. The van der Waals surface area contributed by atoms with Gasteiger partial charge in [0, 0.05) is 57.0 Å². The molecule has 0 bridgehead atoms. The fraction of sp³-hybridized carbons (Fsp3) is 0.560. The topological polar surface area (TPSA) is 70.2 Å². The highest BCUT2D eigenvalue weighted by Gasteiger charge is 2.36. The number of methoxy groups -OCH3 is 1. The number of benzene rings is 1. The summed E-state index contributed by atoms with van der Waals surface area (Å²) < 4.78 is 19.6. The van der Waals surface area contributed by atoms with Crippen molar-refractivity contribution in [2.45, 2.75) is 38.0 Å². The van der Waals surface area contributed by atoms with Gasteiger partial charge in [-0.3, -0.25) is 19.4 Å². The molecular formula is C25H36Cl2FN3O4S. The molecule has 0 N–H and O–H groups in total. The van der Waals surface area contributed by atoms with Crippen LogP contribution in [0.2, 0.25) is 0 Å². The van der Waals surface area contributed by atoms with Crippen molar-refractivity contribution in [3.63, 3.8) is 0 Å². The standard InChI is InChI=1S/C25H34FN3O4S.2ClH/c1-4-11-28-15-14-27(17-23(28)31)12-9-19-16-29(13-10-22(19)34-18(2)30)24(25(32)33-3)20-7-5-6-8-21(20)26;;/h5-9,22,24H,4,10-17H2,1-3H3;2*1H/b19-9+;;. The third-order valence-corrected chi connectivity index (χ3v) is 7.43. The van der Waals surface area contributed by atoms with E-state index in [2.05, 4.69) is 17.9 Å². The molecule has 0 saturated carbocycles. The number of carbonyl (C=O) groups is 3. The smallest absolute Gasteiger partial charge is 0.327 e. The molecule has 3 rings (SSSR count). The number of esters is 1. The first-order valence-corrected chi connectivity index (χ1v) is 12.6. The van der Waals surface area contributed by atoms with Crippen LogP contribution in [-0.2, 0) is 19.1 Å². The number of ether oxygens (including phenoxy) is 1. The van der Waals surface area contributed by atoms with Crippen molar-refractivity contribution >= 4 is 53.6 Å². The Bertz CT molecular complexity index is 936. The van der Waals surface area contributed by atoms with Crippen molar-refractivity contribution in [1.82, 2.24) is 14.7 Å². The Morgan fingerprint density at radius 2 is 1.92 bits per heavy atom. The van der Waals surface area contributed by atoms with Crippen LogP contribution in [0, 0.1) is 5.82 Å². The average molecular weight is 565 g/mol. The molecule has 2 unspecified atom stereocenters. The van der Waals surface area contributed by atoms with Gasteiger partial charge in [-0.2, -0.15) is 0 Å². The maximum atomic E-state index is 14.6. The molecule has 2 atom stereocenters. The zero-order valence-corrected chi connectivity index (χ0v) is 23.4. The minimum Gasteiger partial charge on any atom is -0.468 e. The summed E-state index contributed by atoms with van der Waals surface area (Å²) in [6.45, 7) is 7.82. The summed E-state index contributed by atoms with van der Waals surface area (Å²) in [5, 5.41) is 0.0241. The number of piperazine rings is 1. The van der Waals surface area contributed by atoms with Crippen LogP contribution in [0.3, 0.4) is 0 Å². The number of hydrogen-bond donors (Lipinski definition) is 0. The SMILES string of the molecule is CCCN1CCN(C/C=C2\CN(C(C(=O)OC)c3ccccc3F)CCC2SC(C)=O)CC1=O.Cl.Cl. The quantitative estimate of drug-likeness (QED) is 0.352. The van der Waals surface area contributed by atoms with E-state index in [9.17, 15) is 18.8 Å². The summed E-state index contributed by atoms with van der Waals surface area (Å²) >= 11 is 1.29. The summed E-state index contributed by atoms with van der Waals surface area (Å²) in [4.78, 5) is 42.9. The molecule has 202 valence electrons. The number of carbonyl (C=O) groups excluding carboxylic acids is 3. The van der Waals surface area contributed by atoms with Crippen molar-refractivity contribution < 1.29 is 23.5 Å². The van der Waals surface area contributed by atoms with Gasteiger partial charge in [0.1, 0.15) is 11.9 Å². The van der Waals surface area contributed by atoms with Gasteiger partial charge in [0.05, 0.1) is 13.7 Å². The first kappa shape index (κ1) is 32.4. The Morgan fingerprint density at radius 1 is 1.19 bits per heavy atom. The van der Waals surface area contributed by atoms with Crippen LogP contribution in [0.25, 0.3) is 0 Å². The number of nitrogens with zero attached hydrogens (tertiary/aromatic N) is 3. The van der Waals surface area contributed by atoms with Crippen molar-refractivity contribution in [1.29, 1.82) is 0 Å². The Labute approximate surface area is 229 Å². The van der Waals surface area contributed by atoms with E-state index < -0.39 is 17.8 Å². The number of likely N-dealkylation sites (tertiary alicyclic amines) is 1. The number of piperidine rings is 1. The second kappa shape index (κ2) is 15.6. The van der Waals surface area contributed by atoms with Crippen LogP contribution in [0.1, 0.15) is 38.3 Å². The summed E-state index contributed by atoms with van der Waals surface area (Å²) in [6.07, 6.45) is 3.67. The summed E-state index contributed by atoms with van der Waals surface area (Å²) in [5.74, 6) is -0.830. The minimum absolute atomic E-state index is 0. The van der Waals surface area contributed by atoms with Gasteiger partial charge in [-0.25, -0.2) is 9.18 Å². The molecular weight excluding hydrogens is 528 g/mol. The monoisotopic (exact) mass is 563 g/mol. The van der Waals surface area contributed by atoms with Gasteiger partial charge in [-0.05, 0) is 24.5 Å². The van der Waals surface area contributed by atoms with Crippen LogP contribution >= 0.6 is 36.6 Å². The van der Waals surface area contributed by atoms with Gasteiger partial charge in [0.15, 0.2) is 5.12 Å². The molecule has 1 aromatic rings. The van der Waals surface area contributed by atoms with E-state index in [1.54, 1.807) is 25.1 Å². The number of hydrogen-bond acceptors (Lipinski definition) is 7. The van der Waals surface area contributed by atoms with Gasteiger partial charge in [0.25, 0.3) is 0 Å². The predicted octanol–water partition coefficient (Wildman–Crippen LogP) is 3.72. The highest BCUT2D eigenvalue weighted by atomic mass is 35.5. The molecule has 1 amide bonds. The zero-order chi connectivity index (χ0) is 24.7. The molecule has 2 saturated heterocycles. The van der Waals surface area contributed by atoms with E-state index in [1.165, 1.54) is 24.9 Å². The second-order valence-electron chi connectivity index (χ2n) is 8.70. The fourth-order valence-electron chi connectivity index (χ4n) is 4.58. The molecule has 7 nitrogen and oxygen atoms in total. The number of thioether (sulfide) groups is 1. The Morgan fingerprint density at radius 3 is 2.53 bits per heavy atom. The van der Waals surface area contributed by atoms with E-state index in [-0.39, 0.29) is 46.6 Å². The molecule has 2 aliphatic heterocycles. The lowest BCUT2D eigenvalue weighted by atomic mass is 9.97. The molecule has 1 aromatic carbocycles. The molecule has 2 aliphatic rings. The van der Waals surface area contributed by atoms with Crippen molar-refractivity contribution in [2.24, 2.45) is 0 Å². The maximum Gasteiger partial charge on any atom is 0.327 e. The molecule has 0 spiro atoms. The Hall–Kier alpha value is -1.65. The van der Waals surface area contributed by atoms with Crippen molar-refractivity contribution in [3.05, 3.63) is 47.3 Å². The normalized spacial score (nSPS) is 20.9. The molecule has 0 aromatic heterocycles.